The van der Waals surface area contributed by atoms with Gasteiger partial charge >= 0.3 is 0 Å². The second kappa shape index (κ2) is 8.43. The molecule has 29 heavy (non-hydrogen) atoms. The molecule has 2 amide bonds. The highest BCUT2D eigenvalue weighted by atomic mass is 16.6. The van der Waals surface area contributed by atoms with Crippen LogP contribution in [0.2, 0.25) is 0 Å². The van der Waals surface area contributed by atoms with E-state index in [2.05, 4.69) is 15.6 Å². The number of carbonyl (C=O) groups excluding carboxylic acids is 2. The van der Waals surface area contributed by atoms with Crippen LogP contribution in [0.4, 0.5) is 5.69 Å². The largest absolute Gasteiger partial charge is 0.486 e. The van der Waals surface area contributed by atoms with Gasteiger partial charge in [-0.3, -0.25) is 14.6 Å². The van der Waals surface area contributed by atoms with Gasteiger partial charge in [-0.2, -0.15) is 0 Å². The van der Waals surface area contributed by atoms with E-state index >= 15 is 0 Å². The molecule has 1 aromatic heterocycles. The van der Waals surface area contributed by atoms with E-state index in [1.54, 1.807) is 54.9 Å². The Balaban J connectivity index is 1.37. The van der Waals surface area contributed by atoms with Crippen molar-refractivity contribution in [2.75, 3.05) is 18.5 Å². The fourth-order valence-electron chi connectivity index (χ4n) is 2.88. The van der Waals surface area contributed by atoms with Gasteiger partial charge in [0.1, 0.15) is 13.2 Å². The molecule has 0 aliphatic carbocycles. The molecule has 1 aliphatic rings. The van der Waals surface area contributed by atoms with E-state index in [0.29, 0.717) is 48.1 Å². The molecule has 2 heterocycles. The first-order chi connectivity index (χ1) is 14.2. The lowest BCUT2D eigenvalue weighted by molar-refractivity contribution is 0.0949. The number of pyridine rings is 1. The summed E-state index contributed by atoms with van der Waals surface area (Å²) in [5.74, 6) is 0.790. The number of carbonyl (C=O) groups is 2. The Morgan fingerprint density at radius 2 is 1.48 bits per heavy atom. The Morgan fingerprint density at radius 3 is 2.21 bits per heavy atom. The molecule has 1 aliphatic heterocycles. The van der Waals surface area contributed by atoms with E-state index in [0.717, 1.165) is 5.56 Å². The molecule has 0 saturated carbocycles. The van der Waals surface area contributed by atoms with Gasteiger partial charge in [-0.05, 0) is 54.1 Å². The summed E-state index contributed by atoms with van der Waals surface area (Å²) < 4.78 is 11.0. The minimum Gasteiger partial charge on any atom is -0.486 e. The summed E-state index contributed by atoms with van der Waals surface area (Å²) in [7, 11) is 0. The number of hydrogen-bond acceptors (Lipinski definition) is 5. The van der Waals surface area contributed by atoms with Crippen molar-refractivity contribution in [1.29, 1.82) is 0 Å². The molecule has 146 valence electrons. The van der Waals surface area contributed by atoms with Crippen LogP contribution in [0.3, 0.4) is 0 Å². The molecule has 3 aromatic rings. The average Bonchev–Trinajstić information content (AvgIpc) is 2.78. The monoisotopic (exact) mass is 389 g/mol. The van der Waals surface area contributed by atoms with Crippen molar-refractivity contribution in [3.63, 3.8) is 0 Å². The zero-order valence-electron chi connectivity index (χ0n) is 15.6. The van der Waals surface area contributed by atoms with E-state index in [1.165, 1.54) is 0 Å². The van der Waals surface area contributed by atoms with E-state index in [4.69, 9.17) is 9.47 Å². The van der Waals surface area contributed by atoms with Gasteiger partial charge in [-0.25, -0.2) is 0 Å². The van der Waals surface area contributed by atoms with Crippen molar-refractivity contribution < 1.29 is 19.1 Å². The molecule has 7 nitrogen and oxygen atoms in total. The number of anilines is 1. The van der Waals surface area contributed by atoms with Crippen molar-refractivity contribution in [2.45, 2.75) is 6.54 Å². The van der Waals surface area contributed by atoms with Gasteiger partial charge in [0.2, 0.25) is 0 Å². The third-order valence-corrected chi connectivity index (χ3v) is 4.41. The van der Waals surface area contributed by atoms with E-state index in [9.17, 15) is 9.59 Å². The van der Waals surface area contributed by atoms with Crippen LogP contribution in [0.25, 0.3) is 0 Å². The number of amides is 2. The molecule has 2 aromatic carbocycles. The Labute approximate surface area is 167 Å². The van der Waals surface area contributed by atoms with Gasteiger partial charge in [-0.1, -0.05) is 0 Å². The summed E-state index contributed by atoms with van der Waals surface area (Å²) in [5.41, 5.74) is 2.50. The van der Waals surface area contributed by atoms with Gasteiger partial charge in [0.05, 0.1) is 0 Å². The SMILES string of the molecule is O=C(NCc1ccncc1)c1ccc(C(=O)Nc2ccc3c(c2)OCCO3)cc1. The van der Waals surface area contributed by atoms with Crippen molar-refractivity contribution in [1.82, 2.24) is 10.3 Å². The number of hydrogen-bond donors (Lipinski definition) is 2. The maximum Gasteiger partial charge on any atom is 0.255 e. The van der Waals surface area contributed by atoms with Crippen LogP contribution in [0.1, 0.15) is 26.3 Å². The van der Waals surface area contributed by atoms with Gasteiger partial charge in [-0.15, -0.1) is 0 Å². The predicted octanol–water partition coefficient (Wildman–Crippen LogP) is 3.04. The lowest BCUT2D eigenvalue weighted by Crippen LogP contribution is -2.23. The summed E-state index contributed by atoms with van der Waals surface area (Å²) in [6.45, 7) is 1.41. The van der Waals surface area contributed by atoms with Crippen LogP contribution >= 0.6 is 0 Å². The number of ether oxygens (including phenoxy) is 2. The van der Waals surface area contributed by atoms with Gasteiger partial charge in [0.15, 0.2) is 11.5 Å². The highest BCUT2D eigenvalue weighted by molar-refractivity contribution is 6.05. The third-order valence-electron chi connectivity index (χ3n) is 4.41. The van der Waals surface area contributed by atoms with Gasteiger partial charge in [0, 0.05) is 41.8 Å². The molecule has 4 rings (SSSR count). The summed E-state index contributed by atoms with van der Waals surface area (Å²) in [5, 5.41) is 5.66. The molecule has 0 radical (unpaired) electrons. The predicted molar refractivity (Wildman–Crippen MR) is 107 cm³/mol. The summed E-state index contributed by atoms with van der Waals surface area (Å²) >= 11 is 0. The van der Waals surface area contributed by atoms with Crippen molar-refractivity contribution in [2.24, 2.45) is 0 Å². The van der Waals surface area contributed by atoms with Gasteiger partial charge < -0.3 is 20.1 Å². The van der Waals surface area contributed by atoms with Crippen LogP contribution < -0.4 is 20.1 Å². The first-order valence-corrected chi connectivity index (χ1v) is 9.17. The molecular weight excluding hydrogens is 370 g/mol. The Morgan fingerprint density at radius 1 is 0.828 bits per heavy atom. The Hall–Kier alpha value is -3.87. The summed E-state index contributed by atoms with van der Waals surface area (Å²) in [4.78, 5) is 28.7. The van der Waals surface area contributed by atoms with E-state index in [1.807, 2.05) is 12.1 Å². The maximum absolute atomic E-state index is 12.5. The first kappa shape index (κ1) is 18.5. The standard InChI is InChI=1S/C22H19N3O4/c26-21(24-14-15-7-9-23-10-8-15)16-1-3-17(4-2-16)22(27)25-18-5-6-19-20(13-18)29-12-11-28-19/h1-10,13H,11-12,14H2,(H,24,26)(H,25,27). The molecule has 2 N–H and O–H groups in total. The number of nitrogens with zero attached hydrogens (tertiary/aromatic N) is 1. The number of fused-ring (bicyclic) bond motifs is 1. The number of benzene rings is 2. The fraction of sp³-hybridized carbons (Fsp3) is 0.136. The molecule has 0 fully saturated rings. The molecule has 0 spiro atoms. The molecule has 0 unspecified atom stereocenters. The number of nitrogens with one attached hydrogen (secondary N) is 2. The molecule has 0 atom stereocenters. The number of rotatable bonds is 5. The van der Waals surface area contributed by atoms with Crippen LogP contribution in [0.15, 0.2) is 67.0 Å². The zero-order chi connectivity index (χ0) is 20.1. The molecule has 7 heteroatoms. The second-order valence-electron chi connectivity index (χ2n) is 6.43. The topological polar surface area (TPSA) is 89.6 Å². The lowest BCUT2D eigenvalue weighted by Gasteiger charge is -2.19. The zero-order valence-corrected chi connectivity index (χ0v) is 15.6. The smallest absolute Gasteiger partial charge is 0.255 e. The molecular formula is C22H19N3O4. The van der Waals surface area contributed by atoms with Crippen LogP contribution in [-0.4, -0.2) is 30.0 Å². The highest BCUT2D eigenvalue weighted by Gasteiger charge is 2.14. The van der Waals surface area contributed by atoms with Crippen LogP contribution in [0, 0.1) is 0 Å². The van der Waals surface area contributed by atoms with Crippen molar-refractivity contribution in [3.05, 3.63) is 83.7 Å². The Bertz CT molecular complexity index is 1020. The Kier molecular flexibility index (Phi) is 5.38. The summed E-state index contributed by atoms with van der Waals surface area (Å²) in [6.07, 6.45) is 3.35. The minimum absolute atomic E-state index is 0.208. The van der Waals surface area contributed by atoms with Crippen LogP contribution in [0.5, 0.6) is 11.5 Å². The average molecular weight is 389 g/mol. The third kappa shape index (κ3) is 4.52. The lowest BCUT2D eigenvalue weighted by atomic mass is 10.1. The summed E-state index contributed by atoms with van der Waals surface area (Å²) in [6, 6.07) is 15.4. The second-order valence-corrected chi connectivity index (χ2v) is 6.43. The van der Waals surface area contributed by atoms with Crippen molar-refractivity contribution in [3.8, 4) is 11.5 Å². The quantitative estimate of drug-likeness (QED) is 0.700. The van der Waals surface area contributed by atoms with Crippen molar-refractivity contribution >= 4 is 17.5 Å². The van der Waals surface area contributed by atoms with E-state index < -0.39 is 0 Å². The highest BCUT2D eigenvalue weighted by Crippen LogP contribution is 2.32. The minimum atomic E-state index is -0.273. The van der Waals surface area contributed by atoms with E-state index in [-0.39, 0.29) is 11.8 Å². The number of aromatic nitrogens is 1. The van der Waals surface area contributed by atoms with Crippen LogP contribution in [-0.2, 0) is 6.54 Å². The maximum atomic E-state index is 12.5. The van der Waals surface area contributed by atoms with Gasteiger partial charge in [0.25, 0.3) is 11.8 Å². The normalized spacial score (nSPS) is 12.1. The molecule has 0 saturated heterocycles. The first-order valence-electron chi connectivity index (χ1n) is 9.17. The fourth-order valence-corrected chi connectivity index (χ4v) is 2.88. The molecule has 0 bridgehead atoms.